The first-order chi connectivity index (χ1) is 9.24. The maximum Gasteiger partial charge on any atom is 0.123 e. The lowest BCUT2D eigenvalue weighted by Gasteiger charge is -2.10. The average Bonchev–Trinajstić information content (AvgIpc) is 2.41. The van der Waals surface area contributed by atoms with Crippen molar-refractivity contribution in [2.75, 3.05) is 13.7 Å². The second kappa shape index (κ2) is 6.34. The molecule has 0 saturated heterocycles. The van der Waals surface area contributed by atoms with Crippen molar-refractivity contribution in [1.82, 2.24) is 5.32 Å². The van der Waals surface area contributed by atoms with Crippen molar-refractivity contribution in [1.29, 1.82) is 0 Å². The zero-order valence-corrected chi connectivity index (χ0v) is 11.2. The number of benzene rings is 2. The number of hydrogen-bond donors (Lipinski definition) is 1. The molecule has 1 N–H and O–H groups in total. The van der Waals surface area contributed by atoms with E-state index in [0.29, 0.717) is 13.2 Å². The smallest absolute Gasteiger partial charge is 0.123 e. The molecule has 0 aliphatic heterocycles. The Hall–Kier alpha value is -1.87. The standard InChI is InChI=1S/C16H18FNO/c1-3-19-15-7-4-12(5-8-15)16-9-6-14(17)10-13(16)11-18-2/h4-10,18H,3,11H2,1-2H3. The van der Waals surface area contributed by atoms with Gasteiger partial charge in [0, 0.05) is 6.54 Å². The van der Waals surface area contributed by atoms with Crippen LogP contribution in [0, 0.1) is 5.82 Å². The van der Waals surface area contributed by atoms with Gasteiger partial charge in [-0.3, -0.25) is 0 Å². The SMILES string of the molecule is CCOc1ccc(-c2ccc(F)cc2CNC)cc1. The van der Waals surface area contributed by atoms with E-state index in [1.165, 1.54) is 6.07 Å². The fourth-order valence-corrected chi connectivity index (χ4v) is 2.08. The predicted molar refractivity (Wildman–Crippen MR) is 75.8 cm³/mol. The monoisotopic (exact) mass is 259 g/mol. The van der Waals surface area contributed by atoms with E-state index in [-0.39, 0.29) is 5.82 Å². The number of hydrogen-bond acceptors (Lipinski definition) is 2. The Morgan fingerprint density at radius 3 is 2.47 bits per heavy atom. The Kier molecular flexibility index (Phi) is 4.53. The Bertz CT molecular complexity index is 537. The van der Waals surface area contributed by atoms with Crippen LogP contribution in [0.5, 0.6) is 5.75 Å². The fourth-order valence-electron chi connectivity index (χ4n) is 2.08. The summed E-state index contributed by atoms with van der Waals surface area (Å²) in [5.41, 5.74) is 3.05. The van der Waals surface area contributed by atoms with E-state index in [9.17, 15) is 4.39 Å². The topological polar surface area (TPSA) is 21.3 Å². The van der Waals surface area contributed by atoms with Gasteiger partial charge in [-0.2, -0.15) is 0 Å². The maximum atomic E-state index is 13.3. The third-order valence-corrected chi connectivity index (χ3v) is 2.91. The van der Waals surface area contributed by atoms with Gasteiger partial charge in [-0.05, 0) is 54.9 Å². The molecule has 100 valence electrons. The molecule has 0 bridgehead atoms. The van der Waals surface area contributed by atoms with Crippen LogP contribution in [-0.2, 0) is 6.54 Å². The molecule has 0 saturated carbocycles. The lowest BCUT2D eigenvalue weighted by atomic mass is 9.99. The van der Waals surface area contributed by atoms with Crippen LogP contribution in [-0.4, -0.2) is 13.7 Å². The molecule has 0 heterocycles. The second-order valence-corrected chi connectivity index (χ2v) is 4.29. The molecule has 0 radical (unpaired) electrons. The summed E-state index contributed by atoms with van der Waals surface area (Å²) in [5, 5.41) is 3.06. The molecule has 2 aromatic carbocycles. The van der Waals surface area contributed by atoms with Crippen LogP contribution < -0.4 is 10.1 Å². The average molecular weight is 259 g/mol. The van der Waals surface area contributed by atoms with E-state index in [1.54, 1.807) is 6.07 Å². The van der Waals surface area contributed by atoms with Crippen molar-refractivity contribution in [3.8, 4) is 16.9 Å². The van der Waals surface area contributed by atoms with E-state index >= 15 is 0 Å². The minimum Gasteiger partial charge on any atom is -0.494 e. The van der Waals surface area contributed by atoms with E-state index in [1.807, 2.05) is 44.3 Å². The molecular weight excluding hydrogens is 241 g/mol. The lowest BCUT2D eigenvalue weighted by molar-refractivity contribution is 0.340. The van der Waals surface area contributed by atoms with Crippen molar-refractivity contribution in [3.05, 3.63) is 53.8 Å². The molecule has 0 amide bonds. The van der Waals surface area contributed by atoms with Gasteiger partial charge >= 0.3 is 0 Å². The Balaban J connectivity index is 2.34. The summed E-state index contributed by atoms with van der Waals surface area (Å²) in [6.07, 6.45) is 0. The van der Waals surface area contributed by atoms with Gasteiger partial charge in [0.05, 0.1) is 6.61 Å². The van der Waals surface area contributed by atoms with Gasteiger partial charge in [0.1, 0.15) is 11.6 Å². The summed E-state index contributed by atoms with van der Waals surface area (Å²) in [7, 11) is 1.85. The third kappa shape index (κ3) is 3.32. The third-order valence-electron chi connectivity index (χ3n) is 2.91. The van der Waals surface area contributed by atoms with Crippen molar-refractivity contribution in [2.45, 2.75) is 13.5 Å². The van der Waals surface area contributed by atoms with E-state index in [0.717, 1.165) is 22.4 Å². The summed E-state index contributed by atoms with van der Waals surface area (Å²) in [6, 6.07) is 12.7. The molecule has 0 aliphatic carbocycles. The molecule has 0 aliphatic rings. The van der Waals surface area contributed by atoms with Crippen molar-refractivity contribution in [2.24, 2.45) is 0 Å². The molecule has 2 aromatic rings. The molecule has 0 atom stereocenters. The van der Waals surface area contributed by atoms with Crippen LogP contribution in [0.15, 0.2) is 42.5 Å². The number of ether oxygens (including phenoxy) is 1. The van der Waals surface area contributed by atoms with Gasteiger partial charge in [-0.15, -0.1) is 0 Å². The van der Waals surface area contributed by atoms with E-state index < -0.39 is 0 Å². The first-order valence-electron chi connectivity index (χ1n) is 6.41. The number of rotatable bonds is 5. The van der Waals surface area contributed by atoms with Gasteiger partial charge in [-0.25, -0.2) is 4.39 Å². The predicted octanol–water partition coefficient (Wildman–Crippen LogP) is 3.61. The summed E-state index contributed by atoms with van der Waals surface area (Å²) in [5.74, 6) is 0.642. The molecule has 0 aromatic heterocycles. The first kappa shape index (κ1) is 13.6. The summed E-state index contributed by atoms with van der Waals surface area (Å²) in [4.78, 5) is 0. The maximum absolute atomic E-state index is 13.3. The highest BCUT2D eigenvalue weighted by atomic mass is 19.1. The van der Waals surface area contributed by atoms with Gasteiger partial charge < -0.3 is 10.1 Å². The zero-order valence-electron chi connectivity index (χ0n) is 11.2. The van der Waals surface area contributed by atoms with Crippen LogP contribution in [0.25, 0.3) is 11.1 Å². The molecule has 2 nitrogen and oxygen atoms in total. The highest BCUT2D eigenvalue weighted by molar-refractivity contribution is 5.68. The summed E-state index contributed by atoms with van der Waals surface area (Å²) in [6.45, 7) is 3.25. The Labute approximate surface area is 113 Å². The molecule has 19 heavy (non-hydrogen) atoms. The van der Waals surface area contributed by atoms with Gasteiger partial charge in [-0.1, -0.05) is 18.2 Å². The largest absolute Gasteiger partial charge is 0.494 e. The van der Waals surface area contributed by atoms with E-state index in [4.69, 9.17) is 4.74 Å². The van der Waals surface area contributed by atoms with Gasteiger partial charge in [0.2, 0.25) is 0 Å². The molecule has 0 fully saturated rings. The molecular formula is C16H18FNO. The van der Waals surface area contributed by atoms with Gasteiger partial charge in [0.15, 0.2) is 0 Å². The number of halogens is 1. The summed E-state index contributed by atoms with van der Waals surface area (Å²) < 4.78 is 18.7. The minimum atomic E-state index is -0.208. The second-order valence-electron chi connectivity index (χ2n) is 4.29. The van der Waals surface area contributed by atoms with Crippen molar-refractivity contribution in [3.63, 3.8) is 0 Å². The quantitative estimate of drug-likeness (QED) is 0.885. The van der Waals surface area contributed by atoms with Crippen LogP contribution in [0.1, 0.15) is 12.5 Å². The Morgan fingerprint density at radius 1 is 1.11 bits per heavy atom. The molecule has 0 spiro atoms. The van der Waals surface area contributed by atoms with Crippen molar-refractivity contribution < 1.29 is 9.13 Å². The first-order valence-corrected chi connectivity index (χ1v) is 6.41. The van der Waals surface area contributed by atoms with Gasteiger partial charge in [0.25, 0.3) is 0 Å². The zero-order chi connectivity index (χ0) is 13.7. The van der Waals surface area contributed by atoms with E-state index in [2.05, 4.69) is 5.32 Å². The number of nitrogens with one attached hydrogen (secondary N) is 1. The van der Waals surface area contributed by atoms with Crippen LogP contribution in [0.4, 0.5) is 4.39 Å². The highest BCUT2D eigenvalue weighted by Crippen LogP contribution is 2.26. The van der Waals surface area contributed by atoms with Crippen LogP contribution in [0.3, 0.4) is 0 Å². The lowest BCUT2D eigenvalue weighted by Crippen LogP contribution is -2.06. The molecule has 2 rings (SSSR count). The molecule has 3 heteroatoms. The normalized spacial score (nSPS) is 10.5. The Morgan fingerprint density at radius 2 is 1.84 bits per heavy atom. The van der Waals surface area contributed by atoms with Crippen LogP contribution >= 0.6 is 0 Å². The highest BCUT2D eigenvalue weighted by Gasteiger charge is 2.06. The van der Waals surface area contributed by atoms with Crippen LogP contribution in [0.2, 0.25) is 0 Å². The van der Waals surface area contributed by atoms with Crippen molar-refractivity contribution >= 4 is 0 Å². The minimum absolute atomic E-state index is 0.208. The fraction of sp³-hybridized carbons (Fsp3) is 0.250. The summed E-state index contributed by atoms with van der Waals surface area (Å²) >= 11 is 0. The molecule has 0 unspecified atom stereocenters.